The molecular formula is C24H42O. The van der Waals surface area contributed by atoms with Crippen molar-refractivity contribution in [3.8, 4) is 0 Å². The summed E-state index contributed by atoms with van der Waals surface area (Å²) in [5, 5.41) is 0. The van der Waals surface area contributed by atoms with E-state index < -0.39 is 0 Å². The van der Waals surface area contributed by atoms with Gasteiger partial charge in [-0.2, -0.15) is 0 Å². The fourth-order valence-corrected chi connectivity index (χ4v) is 2.56. The molecule has 144 valence electrons. The predicted molar refractivity (Wildman–Crippen MR) is 114 cm³/mol. The van der Waals surface area contributed by atoms with E-state index in [2.05, 4.69) is 65.8 Å². The SMILES string of the molecule is CCCC=C(C)C(=CCCC)COCC(=CCCC)C(C)=CCCC. The highest BCUT2D eigenvalue weighted by Gasteiger charge is 2.04. The standard InChI is InChI=1S/C24H42O/c1-7-11-15-21(5)23(17-13-9-3)19-25-20-24(18-14-10-4)22(6)16-12-8-2/h15-18H,7-14,19-20H2,1-6H3. The highest BCUT2D eigenvalue weighted by molar-refractivity contribution is 5.31. The summed E-state index contributed by atoms with van der Waals surface area (Å²) in [6.45, 7) is 14.8. The maximum absolute atomic E-state index is 6.14. The van der Waals surface area contributed by atoms with E-state index in [-0.39, 0.29) is 0 Å². The minimum absolute atomic E-state index is 0.719. The first-order valence-electron chi connectivity index (χ1n) is 10.4. The first-order valence-corrected chi connectivity index (χ1v) is 10.4. The Morgan fingerprint density at radius 3 is 1.20 bits per heavy atom. The normalized spacial score (nSPS) is 14.3. The van der Waals surface area contributed by atoms with Crippen LogP contribution < -0.4 is 0 Å². The molecule has 0 spiro atoms. The van der Waals surface area contributed by atoms with Gasteiger partial charge in [-0.25, -0.2) is 0 Å². The molecule has 0 saturated heterocycles. The number of ether oxygens (including phenoxy) is 1. The van der Waals surface area contributed by atoms with Crippen molar-refractivity contribution >= 4 is 0 Å². The second-order valence-corrected chi connectivity index (χ2v) is 6.88. The highest BCUT2D eigenvalue weighted by atomic mass is 16.5. The molecule has 0 fully saturated rings. The molecule has 0 amide bonds. The van der Waals surface area contributed by atoms with Crippen molar-refractivity contribution in [1.82, 2.24) is 0 Å². The lowest BCUT2D eigenvalue weighted by Crippen LogP contribution is -2.05. The molecule has 0 atom stereocenters. The second-order valence-electron chi connectivity index (χ2n) is 6.88. The van der Waals surface area contributed by atoms with E-state index >= 15 is 0 Å². The third-order valence-electron chi connectivity index (χ3n) is 4.37. The van der Waals surface area contributed by atoms with Gasteiger partial charge in [-0.1, -0.05) is 77.7 Å². The van der Waals surface area contributed by atoms with Gasteiger partial charge in [0.1, 0.15) is 0 Å². The van der Waals surface area contributed by atoms with Crippen molar-refractivity contribution < 1.29 is 4.74 Å². The van der Waals surface area contributed by atoms with E-state index in [1.54, 1.807) is 0 Å². The average Bonchev–Trinajstić information content (AvgIpc) is 2.62. The van der Waals surface area contributed by atoms with Crippen LogP contribution >= 0.6 is 0 Å². The molecule has 0 heterocycles. The summed E-state index contributed by atoms with van der Waals surface area (Å²) in [5.74, 6) is 0. The summed E-state index contributed by atoms with van der Waals surface area (Å²) in [5.41, 5.74) is 5.49. The molecule has 0 aromatic heterocycles. The molecule has 0 aromatic rings. The van der Waals surface area contributed by atoms with Crippen LogP contribution in [-0.2, 0) is 4.74 Å². The first-order chi connectivity index (χ1) is 12.1. The lowest BCUT2D eigenvalue weighted by atomic mass is 10.0. The van der Waals surface area contributed by atoms with Crippen molar-refractivity contribution in [2.45, 2.75) is 92.9 Å². The number of unbranched alkanes of at least 4 members (excludes halogenated alkanes) is 4. The van der Waals surface area contributed by atoms with Gasteiger partial charge in [0, 0.05) is 0 Å². The molecule has 0 bridgehead atoms. The number of rotatable bonds is 14. The molecule has 0 radical (unpaired) electrons. The van der Waals surface area contributed by atoms with Crippen LogP contribution in [0.15, 0.2) is 46.6 Å². The number of hydrogen-bond acceptors (Lipinski definition) is 1. The predicted octanol–water partition coefficient (Wildman–Crippen LogP) is 7.95. The smallest absolute Gasteiger partial charge is 0.0720 e. The van der Waals surface area contributed by atoms with E-state index in [0.29, 0.717) is 0 Å². The second kappa shape index (κ2) is 16.4. The summed E-state index contributed by atoms with van der Waals surface area (Å²) in [4.78, 5) is 0. The van der Waals surface area contributed by atoms with Crippen LogP contribution in [0.25, 0.3) is 0 Å². The topological polar surface area (TPSA) is 9.23 Å². The van der Waals surface area contributed by atoms with Crippen LogP contribution in [0, 0.1) is 0 Å². The Bertz CT molecular complexity index is 407. The van der Waals surface area contributed by atoms with Crippen molar-refractivity contribution in [2.75, 3.05) is 13.2 Å². The number of hydrogen-bond donors (Lipinski definition) is 0. The Morgan fingerprint density at radius 1 is 0.560 bits per heavy atom. The van der Waals surface area contributed by atoms with Crippen LogP contribution in [0.5, 0.6) is 0 Å². The van der Waals surface area contributed by atoms with Gasteiger partial charge in [0.25, 0.3) is 0 Å². The Kier molecular flexibility index (Phi) is 15.7. The fourth-order valence-electron chi connectivity index (χ4n) is 2.56. The Labute approximate surface area is 157 Å². The molecule has 0 aliphatic rings. The van der Waals surface area contributed by atoms with Gasteiger partial charge in [0.2, 0.25) is 0 Å². The maximum Gasteiger partial charge on any atom is 0.0720 e. The first kappa shape index (κ1) is 23.9. The minimum Gasteiger partial charge on any atom is -0.372 e. The van der Waals surface area contributed by atoms with Crippen LogP contribution in [-0.4, -0.2) is 13.2 Å². The molecule has 1 heteroatoms. The fraction of sp³-hybridized carbons (Fsp3) is 0.667. The van der Waals surface area contributed by atoms with Gasteiger partial charge in [-0.05, 0) is 61.8 Å². The average molecular weight is 347 g/mol. The molecular weight excluding hydrogens is 304 g/mol. The molecule has 0 rings (SSSR count). The third-order valence-corrected chi connectivity index (χ3v) is 4.37. The lowest BCUT2D eigenvalue weighted by molar-refractivity contribution is 0.182. The Hall–Kier alpha value is -1.08. The van der Waals surface area contributed by atoms with Crippen molar-refractivity contribution in [2.24, 2.45) is 0 Å². The minimum atomic E-state index is 0.719. The van der Waals surface area contributed by atoms with Gasteiger partial charge in [0.15, 0.2) is 0 Å². The molecule has 0 unspecified atom stereocenters. The van der Waals surface area contributed by atoms with E-state index in [0.717, 1.165) is 38.9 Å². The van der Waals surface area contributed by atoms with Gasteiger partial charge < -0.3 is 4.74 Å². The van der Waals surface area contributed by atoms with Crippen LogP contribution in [0.4, 0.5) is 0 Å². The van der Waals surface area contributed by atoms with E-state index in [9.17, 15) is 0 Å². The van der Waals surface area contributed by atoms with Gasteiger partial charge >= 0.3 is 0 Å². The van der Waals surface area contributed by atoms with E-state index in [1.807, 2.05) is 0 Å². The largest absolute Gasteiger partial charge is 0.372 e. The molecule has 0 saturated carbocycles. The third kappa shape index (κ3) is 12.0. The van der Waals surface area contributed by atoms with Crippen molar-refractivity contribution in [1.29, 1.82) is 0 Å². The van der Waals surface area contributed by atoms with Crippen molar-refractivity contribution in [3.05, 3.63) is 46.6 Å². The molecule has 0 aromatic carbocycles. The van der Waals surface area contributed by atoms with Crippen LogP contribution in [0.3, 0.4) is 0 Å². The molecule has 0 aliphatic heterocycles. The summed E-state index contributed by atoms with van der Waals surface area (Å²) in [7, 11) is 0. The monoisotopic (exact) mass is 346 g/mol. The number of allylic oxidation sites excluding steroid dienone is 4. The molecule has 1 nitrogen and oxygen atoms in total. The quantitative estimate of drug-likeness (QED) is 0.290. The zero-order valence-electron chi connectivity index (χ0n) is 17.8. The Balaban J connectivity index is 4.88. The summed E-state index contributed by atoms with van der Waals surface area (Å²) >= 11 is 0. The van der Waals surface area contributed by atoms with E-state index in [4.69, 9.17) is 4.74 Å². The van der Waals surface area contributed by atoms with E-state index in [1.165, 1.54) is 48.0 Å². The highest BCUT2D eigenvalue weighted by Crippen LogP contribution is 2.17. The molecule has 25 heavy (non-hydrogen) atoms. The van der Waals surface area contributed by atoms with Gasteiger partial charge in [0.05, 0.1) is 13.2 Å². The van der Waals surface area contributed by atoms with Crippen LogP contribution in [0.1, 0.15) is 92.9 Å². The summed E-state index contributed by atoms with van der Waals surface area (Å²) < 4.78 is 6.14. The molecule has 0 aliphatic carbocycles. The summed E-state index contributed by atoms with van der Waals surface area (Å²) in [6, 6.07) is 0. The zero-order chi connectivity index (χ0) is 18.9. The maximum atomic E-state index is 6.14. The summed E-state index contributed by atoms with van der Waals surface area (Å²) in [6.07, 6.45) is 18.7. The Morgan fingerprint density at radius 2 is 0.880 bits per heavy atom. The lowest BCUT2D eigenvalue weighted by Gasteiger charge is -2.13. The van der Waals surface area contributed by atoms with Crippen molar-refractivity contribution in [3.63, 3.8) is 0 Å². The zero-order valence-corrected chi connectivity index (χ0v) is 17.8. The van der Waals surface area contributed by atoms with Gasteiger partial charge in [-0.3, -0.25) is 0 Å². The van der Waals surface area contributed by atoms with Gasteiger partial charge in [-0.15, -0.1) is 0 Å². The van der Waals surface area contributed by atoms with Crippen LogP contribution in [0.2, 0.25) is 0 Å². The molecule has 0 N–H and O–H groups in total.